The van der Waals surface area contributed by atoms with Gasteiger partial charge in [-0.25, -0.2) is 4.98 Å². The summed E-state index contributed by atoms with van der Waals surface area (Å²) in [6.07, 6.45) is 1.74. The Morgan fingerprint density at radius 2 is 2.06 bits per heavy atom. The van der Waals surface area contributed by atoms with Crippen molar-refractivity contribution in [3.05, 3.63) is 46.9 Å². The van der Waals surface area contributed by atoms with Gasteiger partial charge >= 0.3 is 0 Å². The van der Waals surface area contributed by atoms with Gasteiger partial charge in [-0.15, -0.1) is 0 Å². The highest BCUT2D eigenvalue weighted by Gasteiger charge is 2.02. The summed E-state index contributed by atoms with van der Waals surface area (Å²) >= 11 is 5.90. The molecule has 1 N–H and O–H groups in total. The smallest absolute Gasteiger partial charge is 0.151 e. The lowest BCUT2D eigenvalue weighted by molar-refractivity contribution is 1.06. The first-order chi connectivity index (χ1) is 7.65. The highest BCUT2D eigenvalue weighted by atomic mass is 35.5. The van der Waals surface area contributed by atoms with Crippen LogP contribution in [0.5, 0.6) is 0 Å². The van der Waals surface area contributed by atoms with E-state index < -0.39 is 0 Å². The SMILES string of the molecule is Cc1cnc(Nc2cccc(Cl)c2)c(C)n1. The Bertz CT molecular complexity index is 511. The lowest BCUT2D eigenvalue weighted by Gasteiger charge is -2.08. The highest BCUT2D eigenvalue weighted by Crippen LogP contribution is 2.20. The molecule has 0 aliphatic rings. The first-order valence-electron chi connectivity index (χ1n) is 4.98. The summed E-state index contributed by atoms with van der Waals surface area (Å²) in [6, 6.07) is 7.51. The van der Waals surface area contributed by atoms with Crippen molar-refractivity contribution in [2.24, 2.45) is 0 Å². The average molecular weight is 234 g/mol. The fraction of sp³-hybridized carbons (Fsp3) is 0.167. The summed E-state index contributed by atoms with van der Waals surface area (Å²) in [5.74, 6) is 0.757. The Morgan fingerprint density at radius 1 is 1.25 bits per heavy atom. The van der Waals surface area contributed by atoms with Crippen LogP contribution in [0.1, 0.15) is 11.4 Å². The van der Waals surface area contributed by atoms with E-state index in [9.17, 15) is 0 Å². The Balaban J connectivity index is 2.27. The number of hydrogen-bond acceptors (Lipinski definition) is 3. The number of nitrogens with zero attached hydrogens (tertiary/aromatic N) is 2. The van der Waals surface area contributed by atoms with Gasteiger partial charge in [-0.2, -0.15) is 0 Å². The van der Waals surface area contributed by atoms with Crippen LogP contribution in [0.25, 0.3) is 0 Å². The minimum Gasteiger partial charge on any atom is -0.339 e. The van der Waals surface area contributed by atoms with Crippen LogP contribution in [0.15, 0.2) is 30.5 Å². The molecule has 0 fully saturated rings. The van der Waals surface area contributed by atoms with Crippen LogP contribution >= 0.6 is 11.6 Å². The molecule has 16 heavy (non-hydrogen) atoms. The van der Waals surface area contributed by atoms with Gasteiger partial charge in [0.15, 0.2) is 5.82 Å². The lowest BCUT2D eigenvalue weighted by atomic mass is 10.3. The van der Waals surface area contributed by atoms with Gasteiger partial charge in [0.1, 0.15) is 0 Å². The van der Waals surface area contributed by atoms with E-state index >= 15 is 0 Å². The molecule has 1 aromatic heterocycles. The molecule has 0 bridgehead atoms. The maximum atomic E-state index is 5.90. The molecular formula is C12H12ClN3. The second-order valence-electron chi connectivity index (χ2n) is 3.58. The van der Waals surface area contributed by atoms with E-state index in [4.69, 9.17) is 11.6 Å². The predicted octanol–water partition coefficient (Wildman–Crippen LogP) is 3.49. The number of halogens is 1. The molecule has 0 atom stereocenters. The first kappa shape index (κ1) is 10.9. The zero-order valence-electron chi connectivity index (χ0n) is 9.16. The second kappa shape index (κ2) is 4.49. The van der Waals surface area contributed by atoms with Crippen molar-refractivity contribution in [1.29, 1.82) is 0 Å². The quantitative estimate of drug-likeness (QED) is 0.863. The minimum atomic E-state index is 0.697. The van der Waals surface area contributed by atoms with Crippen molar-refractivity contribution in [1.82, 2.24) is 9.97 Å². The third-order valence-corrected chi connectivity index (χ3v) is 2.39. The Kier molecular flexibility index (Phi) is 3.06. The number of nitrogens with one attached hydrogen (secondary N) is 1. The summed E-state index contributed by atoms with van der Waals surface area (Å²) in [7, 11) is 0. The summed E-state index contributed by atoms with van der Waals surface area (Å²) < 4.78 is 0. The van der Waals surface area contributed by atoms with Crippen LogP contribution in [-0.2, 0) is 0 Å². The van der Waals surface area contributed by atoms with Crippen molar-refractivity contribution in [2.45, 2.75) is 13.8 Å². The van der Waals surface area contributed by atoms with Crippen LogP contribution in [0.4, 0.5) is 11.5 Å². The fourth-order valence-electron chi connectivity index (χ4n) is 1.42. The molecule has 1 aromatic carbocycles. The first-order valence-corrected chi connectivity index (χ1v) is 5.36. The van der Waals surface area contributed by atoms with E-state index in [0.717, 1.165) is 22.9 Å². The molecular weight excluding hydrogens is 222 g/mol. The maximum absolute atomic E-state index is 5.90. The van der Waals surface area contributed by atoms with Crippen LogP contribution < -0.4 is 5.32 Å². The summed E-state index contributed by atoms with van der Waals surface area (Å²) in [4.78, 5) is 8.62. The molecule has 0 aliphatic heterocycles. The molecule has 82 valence electrons. The van der Waals surface area contributed by atoms with E-state index in [1.165, 1.54) is 0 Å². The van der Waals surface area contributed by atoms with Crippen molar-refractivity contribution in [2.75, 3.05) is 5.32 Å². The molecule has 0 spiro atoms. The van der Waals surface area contributed by atoms with E-state index in [1.807, 2.05) is 38.1 Å². The van der Waals surface area contributed by atoms with E-state index in [0.29, 0.717) is 5.02 Å². The third-order valence-electron chi connectivity index (χ3n) is 2.15. The molecule has 0 unspecified atom stereocenters. The zero-order chi connectivity index (χ0) is 11.5. The van der Waals surface area contributed by atoms with E-state index in [2.05, 4.69) is 15.3 Å². The van der Waals surface area contributed by atoms with Crippen LogP contribution in [0.3, 0.4) is 0 Å². The topological polar surface area (TPSA) is 37.8 Å². The number of anilines is 2. The Hall–Kier alpha value is -1.61. The minimum absolute atomic E-state index is 0.697. The molecule has 2 aromatic rings. The molecule has 1 heterocycles. The van der Waals surface area contributed by atoms with Crippen LogP contribution in [0.2, 0.25) is 5.02 Å². The van der Waals surface area contributed by atoms with Gasteiger partial charge in [0, 0.05) is 10.7 Å². The van der Waals surface area contributed by atoms with Gasteiger partial charge < -0.3 is 5.32 Å². The van der Waals surface area contributed by atoms with Gasteiger partial charge in [0.2, 0.25) is 0 Å². The van der Waals surface area contributed by atoms with Crippen molar-refractivity contribution >= 4 is 23.1 Å². The van der Waals surface area contributed by atoms with E-state index in [-0.39, 0.29) is 0 Å². The van der Waals surface area contributed by atoms with Crippen molar-refractivity contribution in [3.63, 3.8) is 0 Å². The fourth-order valence-corrected chi connectivity index (χ4v) is 1.61. The second-order valence-corrected chi connectivity index (χ2v) is 4.02. The zero-order valence-corrected chi connectivity index (χ0v) is 9.92. The monoisotopic (exact) mass is 233 g/mol. The van der Waals surface area contributed by atoms with Gasteiger partial charge in [-0.3, -0.25) is 4.98 Å². The van der Waals surface area contributed by atoms with Crippen LogP contribution in [0, 0.1) is 13.8 Å². The number of benzene rings is 1. The normalized spacial score (nSPS) is 10.2. The Labute approximate surface area is 99.5 Å². The molecule has 0 saturated heterocycles. The molecule has 0 radical (unpaired) electrons. The van der Waals surface area contributed by atoms with Gasteiger partial charge in [0.05, 0.1) is 17.6 Å². The molecule has 2 rings (SSSR count). The van der Waals surface area contributed by atoms with E-state index in [1.54, 1.807) is 6.20 Å². The van der Waals surface area contributed by atoms with Gasteiger partial charge in [-0.1, -0.05) is 17.7 Å². The highest BCUT2D eigenvalue weighted by molar-refractivity contribution is 6.30. The molecule has 3 nitrogen and oxygen atoms in total. The molecule has 0 amide bonds. The summed E-state index contributed by atoms with van der Waals surface area (Å²) in [5.41, 5.74) is 2.70. The average Bonchev–Trinajstić information content (AvgIpc) is 2.22. The standard InChI is InChI=1S/C12H12ClN3/c1-8-7-14-12(9(2)15-8)16-11-5-3-4-10(13)6-11/h3-7H,1-2H3,(H,14,16). The lowest BCUT2D eigenvalue weighted by Crippen LogP contribution is -1.99. The predicted molar refractivity (Wildman–Crippen MR) is 66.2 cm³/mol. The van der Waals surface area contributed by atoms with Crippen LogP contribution in [-0.4, -0.2) is 9.97 Å². The number of rotatable bonds is 2. The number of aromatic nitrogens is 2. The van der Waals surface area contributed by atoms with Gasteiger partial charge in [0.25, 0.3) is 0 Å². The largest absolute Gasteiger partial charge is 0.339 e. The molecule has 0 aliphatic carbocycles. The van der Waals surface area contributed by atoms with Crippen molar-refractivity contribution in [3.8, 4) is 0 Å². The number of hydrogen-bond donors (Lipinski definition) is 1. The molecule has 0 saturated carbocycles. The van der Waals surface area contributed by atoms with Crippen molar-refractivity contribution < 1.29 is 0 Å². The summed E-state index contributed by atoms with van der Waals surface area (Å²) in [5, 5.41) is 3.88. The third kappa shape index (κ3) is 2.49. The van der Waals surface area contributed by atoms with Gasteiger partial charge in [-0.05, 0) is 32.0 Å². The molecule has 4 heteroatoms. The summed E-state index contributed by atoms with van der Waals surface area (Å²) in [6.45, 7) is 3.84. The Morgan fingerprint density at radius 3 is 2.75 bits per heavy atom. The maximum Gasteiger partial charge on any atom is 0.151 e. The number of aryl methyl sites for hydroxylation is 2.